The minimum Gasteiger partial charge on any atom is -0.381 e. The summed E-state index contributed by atoms with van der Waals surface area (Å²) in [6.07, 6.45) is 2.98. The quantitative estimate of drug-likeness (QED) is 0.853. The summed E-state index contributed by atoms with van der Waals surface area (Å²) < 4.78 is 0. The molecule has 1 amide bonds. The topological polar surface area (TPSA) is 55.1 Å². The molecule has 0 spiro atoms. The molecular formula is C18H20N2O. The highest BCUT2D eigenvalue weighted by Gasteiger charge is 2.22. The Kier molecular flexibility index (Phi) is 3.91. The van der Waals surface area contributed by atoms with E-state index in [-0.39, 0.29) is 5.91 Å². The van der Waals surface area contributed by atoms with Crippen LogP contribution in [0, 0.1) is 0 Å². The molecule has 2 aromatic carbocycles. The van der Waals surface area contributed by atoms with Gasteiger partial charge in [-0.05, 0) is 47.6 Å². The fraction of sp³-hybridized carbons (Fsp3) is 0.278. The van der Waals surface area contributed by atoms with Gasteiger partial charge < -0.3 is 11.1 Å². The van der Waals surface area contributed by atoms with Crippen molar-refractivity contribution in [1.29, 1.82) is 0 Å². The highest BCUT2D eigenvalue weighted by atomic mass is 16.1. The third-order valence-electron chi connectivity index (χ3n) is 3.86. The van der Waals surface area contributed by atoms with Crippen molar-refractivity contribution >= 4 is 11.6 Å². The van der Waals surface area contributed by atoms with E-state index in [0.717, 1.165) is 23.7 Å². The number of carbonyl (C=O) groups is 1. The molecule has 0 aromatic heterocycles. The van der Waals surface area contributed by atoms with Crippen LogP contribution >= 0.6 is 0 Å². The van der Waals surface area contributed by atoms with Gasteiger partial charge in [0.1, 0.15) is 0 Å². The second-order valence-corrected chi connectivity index (χ2v) is 5.71. The van der Waals surface area contributed by atoms with E-state index in [0.29, 0.717) is 6.42 Å². The highest BCUT2D eigenvalue weighted by molar-refractivity contribution is 5.76. The van der Waals surface area contributed by atoms with E-state index in [1.54, 1.807) is 0 Å². The maximum atomic E-state index is 10.9. The van der Waals surface area contributed by atoms with E-state index in [9.17, 15) is 4.79 Å². The van der Waals surface area contributed by atoms with Crippen LogP contribution in [0.4, 0.5) is 5.69 Å². The third-order valence-corrected chi connectivity index (χ3v) is 3.86. The molecule has 21 heavy (non-hydrogen) atoms. The van der Waals surface area contributed by atoms with Crippen molar-refractivity contribution in [2.24, 2.45) is 5.73 Å². The molecule has 0 atom stereocenters. The summed E-state index contributed by atoms with van der Waals surface area (Å²) in [6, 6.07) is 16.7. The average molecular weight is 280 g/mol. The van der Waals surface area contributed by atoms with Crippen molar-refractivity contribution in [3.8, 4) is 0 Å². The van der Waals surface area contributed by atoms with Gasteiger partial charge in [-0.15, -0.1) is 0 Å². The number of nitrogens with two attached hydrogens (primary N) is 1. The Morgan fingerprint density at radius 3 is 2.19 bits per heavy atom. The van der Waals surface area contributed by atoms with Gasteiger partial charge in [-0.25, -0.2) is 0 Å². The smallest absolute Gasteiger partial charge is 0.221 e. The monoisotopic (exact) mass is 280 g/mol. The number of anilines is 1. The number of benzene rings is 2. The van der Waals surface area contributed by atoms with Crippen LogP contribution in [0.3, 0.4) is 0 Å². The molecule has 3 rings (SSSR count). The van der Waals surface area contributed by atoms with Crippen LogP contribution < -0.4 is 11.1 Å². The number of amides is 1. The van der Waals surface area contributed by atoms with Crippen LogP contribution in [0.25, 0.3) is 0 Å². The summed E-state index contributed by atoms with van der Waals surface area (Å²) in [6.45, 7) is 0.806. The van der Waals surface area contributed by atoms with Crippen molar-refractivity contribution in [2.75, 3.05) is 5.32 Å². The van der Waals surface area contributed by atoms with E-state index in [4.69, 9.17) is 5.73 Å². The van der Waals surface area contributed by atoms with Crippen molar-refractivity contribution in [2.45, 2.75) is 31.7 Å². The number of primary amides is 1. The molecule has 1 aliphatic carbocycles. The van der Waals surface area contributed by atoms with Crippen molar-refractivity contribution in [1.82, 2.24) is 0 Å². The van der Waals surface area contributed by atoms with Crippen LogP contribution in [0.15, 0.2) is 48.5 Å². The first-order chi connectivity index (χ1) is 10.2. The predicted molar refractivity (Wildman–Crippen MR) is 85.1 cm³/mol. The Hall–Kier alpha value is -2.29. The van der Waals surface area contributed by atoms with Gasteiger partial charge in [0, 0.05) is 12.2 Å². The standard InChI is InChI=1S/C18H20N2O/c19-18(21)11-13-3-9-17(10-4-13)20-12-14-1-5-15(6-2-14)16-7-8-16/h1-6,9-10,16,20H,7-8,11-12H2,(H2,19,21). The molecule has 3 heteroatoms. The van der Waals surface area contributed by atoms with E-state index in [2.05, 4.69) is 29.6 Å². The Balaban J connectivity index is 1.55. The van der Waals surface area contributed by atoms with Gasteiger partial charge in [-0.2, -0.15) is 0 Å². The van der Waals surface area contributed by atoms with E-state index in [1.807, 2.05) is 24.3 Å². The zero-order valence-electron chi connectivity index (χ0n) is 12.0. The lowest BCUT2D eigenvalue weighted by atomic mass is 10.1. The summed E-state index contributed by atoms with van der Waals surface area (Å²) in [7, 11) is 0. The van der Waals surface area contributed by atoms with Gasteiger partial charge in [0.05, 0.1) is 6.42 Å². The molecule has 1 fully saturated rings. The largest absolute Gasteiger partial charge is 0.381 e. The van der Waals surface area contributed by atoms with Gasteiger partial charge in [-0.3, -0.25) is 4.79 Å². The normalized spacial score (nSPS) is 13.9. The lowest BCUT2D eigenvalue weighted by molar-refractivity contribution is -0.117. The lowest BCUT2D eigenvalue weighted by Gasteiger charge is -2.08. The average Bonchev–Trinajstić information content (AvgIpc) is 3.31. The zero-order valence-corrected chi connectivity index (χ0v) is 12.0. The molecule has 0 unspecified atom stereocenters. The number of rotatable bonds is 6. The van der Waals surface area contributed by atoms with E-state index < -0.39 is 0 Å². The zero-order chi connectivity index (χ0) is 14.7. The number of hydrogen-bond donors (Lipinski definition) is 2. The summed E-state index contributed by atoms with van der Waals surface area (Å²) in [5.74, 6) is 0.510. The van der Waals surface area contributed by atoms with Gasteiger partial charge >= 0.3 is 0 Å². The van der Waals surface area contributed by atoms with Crippen molar-refractivity contribution in [3.63, 3.8) is 0 Å². The molecule has 2 aromatic rings. The molecule has 0 aliphatic heterocycles. The molecule has 3 nitrogen and oxygen atoms in total. The summed E-state index contributed by atoms with van der Waals surface area (Å²) in [5, 5.41) is 3.39. The lowest BCUT2D eigenvalue weighted by Crippen LogP contribution is -2.13. The highest BCUT2D eigenvalue weighted by Crippen LogP contribution is 2.39. The number of nitrogens with one attached hydrogen (secondary N) is 1. The van der Waals surface area contributed by atoms with Crippen LogP contribution in [-0.2, 0) is 17.8 Å². The van der Waals surface area contributed by atoms with Crippen LogP contribution in [0.5, 0.6) is 0 Å². The first-order valence-electron chi connectivity index (χ1n) is 7.40. The van der Waals surface area contributed by atoms with Gasteiger partial charge in [0.25, 0.3) is 0 Å². The molecule has 0 heterocycles. The second-order valence-electron chi connectivity index (χ2n) is 5.71. The Morgan fingerprint density at radius 2 is 1.62 bits per heavy atom. The molecule has 108 valence electrons. The van der Waals surface area contributed by atoms with Crippen molar-refractivity contribution in [3.05, 3.63) is 65.2 Å². The number of carbonyl (C=O) groups excluding carboxylic acids is 1. The molecule has 0 saturated heterocycles. The third kappa shape index (κ3) is 3.85. The molecular weight excluding hydrogens is 260 g/mol. The molecule has 0 radical (unpaired) electrons. The fourth-order valence-electron chi connectivity index (χ4n) is 2.47. The SMILES string of the molecule is NC(=O)Cc1ccc(NCc2ccc(C3CC3)cc2)cc1. The van der Waals surface area contributed by atoms with Gasteiger partial charge in [0.15, 0.2) is 0 Å². The van der Waals surface area contributed by atoms with Gasteiger partial charge in [0.2, 0.25) is 5.91 Å². The Labute approximate surface area is 125 Å². The van der Waals surface area contributed by atoms with Crippen molar-refractivity contribution < 1.29 is 4.79 Å². The summed E-state index contributed by atoms with van der Waals surface area (Å²) in [5.41, 5.74) is 9.92. The van der Waals surface area contributed by atoms with Crippen LogP contribution in [0.1, 0.15) is 35.4 Å². The fourth-order valence-corrected chi connectivity index (χ4v) is 2.47. The van der Waals surface area contributed by atoms with Crippen LogP contribution in [0.2, 0.25) is 0 Å². The molecule has 3 N–H and O–H groups in total. The van der Waals surface area contributed by atoms with Gasteiger partial charge in [-0.1, -0.05) is 36.4 Å². The second kappa shape index (κ2) is 6.00. The van der Waals surface area contributed by atoms with E-state index >= 15 is 0 Å². The minimum atomic E-state index is -0.300. The molecule has 1 saturated carbocycles. The summed E-state index contributed by atoms with van der Waals surface area (Å²) in [4.78, 5) is 10.9. The maximum absolute atomic E-state index is 10.9. The van der Waals surface area contributed by atoms with E-state index in [1.165, 1.54) is 24.0 Å². The molecule has 0 bridgehead atoms. The summed E-state index contributed by atoms with van der Waals surface area (Å²) >= 11 is 0. The first-order valence-corrected chi connectivity index (χ1v) is 7.40. The Bertz CT molecular complexity index is 613. The Morgan fingerprint density at radius 1 is 1.00 bits per heavy atom. The minimum absolute atomic E-state index is 0.295. The maximum Gasteiger partial charge on any atom is 0.221 e. The first kappa shape index (κ1) is 13.7. The predicted octanol–water partition coefficient (Wildman–Crippen LogP) is 3.20. The van der Waals surface area contributed by atoms with Crippen LogP contribution in [-0.4, -0.2) is 5.91 Å². The number of hydrogen-bond acceptors (Lipinski definition) is 2. The molecule has 1 aliphatic rings.